The molecule has 5 rings (SSSR count). The molecule has 0 aliphatic rings. The molecule has 0 saturated carbocycles. The smallest absolute Gasteiger partial charge is 0.326 e. The Labute approximate surface area is 470 Å². The lowest BCUT2D eigenvalue weighted by Gasteiger charge is -2.37. The van der Waals surface area contributed by atoms with Crippen LogP contribution in [0, 0.1) is 11.8 Å². The van der Waals surface area contributed by atoms with Gasteiger partial charge in [-0.2, -0.15) is 0 Å². The summed E-state index contributed by atoms with van der Waals surface area (Å²) in [5.41, 5.74) is 3.88. The molecule has 1 unspecified atom stereocenters. The van der Waals surface area contributed by atoms with Crippen LogP contribution in [-0.2, 0) is 55.1 Å². The number of benzene rings is 5. The van der Waals surface area contributed by atoms with E-state index in [4.69, 9.17) is 4.74 Å². The number of hydrogen-bond acceptors (Lipinski definition) is 10. The molecule has 0 spiro atoms. The van der Waals surface area contributed by atoms with E-state index in [0.717, 1.165) is 35.3 Å². The fourth-order valence-electron chi connectivity index (χ4n) is 9.40. The highest BCUT2D eigenvalue weighted by Gasteiger charge is 2.39. The van der Waals surface area contributed by atoms with Crippen LogP contribution < -0.4 is 16.0 Å². The molecule has 5 atom stereocenters. The number of ether oxygens (including phenoxy) is 1. The third-order valence-corrected chi connectivity index (χ3v) is 14.2. The maximum atomic E-state index is 14.1. The van der Waals surface area contributed by atoms with Gasteiger partial charge in [0, 0.05) is 50.6 Å². The second-order valence-electron chi connectivity index (χ2n) is 21.7. The first-order valence-electron chi connectivity index (χ1n) is 27.5. The molecule has 0 saturated heterocycles. The number of nitrogens with one attached hydrogen (secondary N) is 3. The number of carbonyl (C=O) groups is 9. The lowest BCUT2D eigenvalue weighted by Crippen LogP contribution is -2.51. The standard InChI is InChI=1S/C65H78N4O11/c1-9-10-20-46-28-30-47(31-29-46)48-32-34-49(35-33-48)57(72)40-50(42-80-64(5,6)7)62(77)66-45(4)56(71)37-38-60(75)69(8)55(36-27-44(3)70)58(73)39-43(2)61(76)67-54(63(78)79)41-59(74)68-65(51-21-14-11-15-22-51,52-23-16-12-17-24-52)53-25-18-13-19-26-53/h11-19,21-26,28-35,43,45,50,54-55H,9-10,20,27,36-42H2,1-8H3,(H,66,77)(H,67,76)(H,68,74)(H,78,79)/t43-,45-,50?,54+,55+/m1/s1. The van der Waals surface area contributed by atoms with Gasteiger partial charge in [0.25, 0.3) is 0 Å². The Morgan fingerprint density at radius 1 is 0.625 bits per heavy atom. The quantitative estimate of drug-likeness (QED) is 0.0242. The van der Waals surface area contributed by atoms with Crippen LogP contribution in [0.3, 0.4) is 0 Å². The number of unbranched alkanes of at least 4 members (excludes halogenated alkanes) is 1. The number of hydrogen-bond donors (Lipinski definition) is 4. The molecule has 15 heteroatoms. The molecular weight excluding hydrogens is 1010 g/mol. The van der Waals surface area contributed by atoms with E-state index in [1.807, 2.05) is 124 Å². The zero-order chi connectivity index (χ0) is 58.6. The fraction of sp³-hybridized carbons (Fsp3) is 0.400. The van der Waals surface area contributed by atoms with E-state index in [9.17, 15) is 48.3 Å². The lowest BCUT2D eigenvalue weighted by atomic mass is 9.77. The topological polar surface area (TPSA) is 222 Å². The highest BCUT2D eigenvalue weighted by Crippen LogP contribution is 2.37. The van der Waals surface area contributed by atoms with Crippen LogP contribution in [-0.4, -0.2) is 100 Å². The van der Waals surface area contributed by atoms with Crippen molar-refractivity contribution in [1.29, 1.82) is 0 Å². The van der Waals surface area contributed by atoms with Crippen LogP contribution in [0.1, 0.15) is 139 Å². The molecule has 0 radical (unpaired) electrons. The average molecular weight is 1090 g/mol. The summed E-state index contributed by atoms with van der Waals surface area (Å²) in [4.78, 5) is 122. The first-order valence-corrected chi connectivity index (χ1v) is 27.5. The van der Waals surface area contributed by atoms with Gasteiger partial charge in [0.1, 0.15) is 17.4 Å². The zero-order valence-corrected chi connectivity index (χ0v) is 47.4. The number of aliphatic carboxylic acids is 1. The largest absolute Gasteiger partial charge is 0.480 e. The molecule has 4 amide bonds. The average Bonchev–Trinajstić information content (AvgIpc) is 3.52. The predicted octanol–water partition coefficient (Wildman–Crippen LogP) is 9.41. The second kappa shape index (κ2) is 29.9. The normalized spacial score (nSPS) is 13.3. The monoisotopic (exact) mass is 1090 g/mol. The first-order chi connectivity index (χ1) is 38.0. The van der Waals surface area contributed by atoms with Gasteiger partial charge in [0.2, 0.25) is 23.6 Å². The van der Waals surface area contributed by atoms with Crippen LogP contribution in [0.25, 0.3) is 11.1 Å². The minimum Gasteiger partial charge on any atom is -0.480 e. The SMILES string of the molecule is CCCCc1ccc(-c2ccc(C(=O)CC(COC(C)(C)C)C(=O)N[C@H](C)C(=O)CCC(=O)N(C)[C@@H](CCC(C)=O)C(=O)C[C@@H](C)C(=O)N[C@@H](CC(=O)NC(c3ccccc3)(c3ccccc3)c3ccccc3)C(=O)O)cc2)cc1. The molecular formula is C65H78N4O11. The minimum absolute atomic E-state index is 0.0786. The van der Waals surface area contributed by atoms with Crippen molar-refractivity contribution < 1.29 is 53.0 Å². The van der Waals surface area contributed by atoms with Gasteiger partial charge in [-0.05, 0) is 87.3 Å². The number of nitrogens with zero attached hydrogens (tertiary/aromatic N) is 1. The fourth-order valence-corrected chi connectivity index (χ4v) is 9.40. The van der Waals surface area contributed by atoms with Gasteiger partial charge in [-0.25, -0.2) is 4.79 Å². The van der Waals surface area contributed by atoms with Crippen LogP contribution in [0.5, 0.6) is 0 Å². The lowest BCUT2D eigenvalue weighted by molar-refractivity contribution is -0.144. The van der Waals surface area contributed by atoms with Gasteiger partial charge >= 0.3 is 5.97 Å². The number of rotatable bonds is 31. The van der Waals surface area contributed by atoms with E-state index < -0.39 is 95.1 Å². The van der Waals surface area contributed by atoms with Gasteiger partial charge in [0.15, 0.2) is 17.3 Å². The van der Waals surface area contributed by atoms with Crippen molar-refractivity contribution in [2.24, 2.45) is 11.8 Å². The Bertz CT molecular complexity index is 2810. The molecule has 0 aromatic heterocycles. The van der Waals surface area contributed by atoms with Crippen molar-refractivity contribution in [2.45, 2.75) is 142 Å². The molecule has 4 N–H and O–H groups in total. The summed E-state index contributed by atoms with van der Waals surface area (Å²) in [5.74, 6) is -7.85. The van der Waals surface area contributed by atoms with Crippen LogP contribution >= 0.6 is 0 Å². The van der Waals surface area contributed by atoms with Crippen molar-refractivity contribution in [3.8, 4) is 11.1 Å². The van der Waals surface area contributed by atoms with Gasteiger partial charge in [0.05, 0.1) is 36.6 Å². The number of carboxylic acids is 1. The maximum Gasteiger partial charge on any atom is 0.326 e. The van der Waals surface area contributed by atoms with Crippen molar-refractivity contribution in [1.82, 2.24) is 20.9 Å². The number of Topliss-reactive ketones (excluding diaryl/α,β-unsaturated/α-hetero) is 4. The molecule has 0 aliphatic heterocycles. The third kappa shape index (κ3) is 18.3. The number of carbonyl (C=O) groups excluding carboxylic acids is 8. The number of ketones is 4. The minimum atomic E-state index is -1.69. The van der Waals surface area contributed by atoms with Gasteiger partial charge in [-0.1, -0.05) is 160 Å². The second-order valence-corrected chi connectivity index (χ2v) is 21.7. The highest BCUT2D eigenvalue weighted by atomic mass is 16.5. The number of aryl methyl sites for hydroxylation is 1. The van der Waals surface area contributed by atoms with E-state index in [1.165, 1.54) is 33.4 Å². The van der Waals surface area contributed by atoms with Crippen molar-refractivity contribution >= 4 is 52.7 Å². The van der Waals surface area contributed by atoms with Crippen LogP contribution in [0.15, 0.2) is 140 Å². The van der Waals surface area contributed by atoms with E-state index in [-0.39, 0.29) is 50.3 Å². The van der Waals surface area contributed by atoms with Crippen molar-refractivity contribution in [3.63, 3.8) is 0 Å². The summed E-state index contributed by atoms with van der Waals surface area (Å²) in [6.45, 7) is 11.8. The van der Waals surface area contributed by atoms with Gasteiger partial charge < -0.3 is 35.5 Å². The summed E-state index contributed by atoms with van der Waals surface area (Å²) >= 11 is 0. The summed E-state index contributed by atoms with van der Waals surface area (Å²) in [5, 5.41) is 18.5. The molecule has 0 fully saturated rings. The molecule has 0 heterocycles. The molecule has 80 heavy (non-hydrogen) atoms. The van der Waals surface area contributed by atoms with Gasteiger partial charge in [-0.15, -0.1) is 0 Å². The molecule has 0 aliphatic carbocycles. The molecule has 0 bridgehead atoms. The maximum absolute atomic E-state index is 14.1. The van der Waals surface area contributed by atoms with Crippen molar-refractivity contribution in [2.75, 3.05) is 13.7 Å². The Morgan fingerprint density at radius 2 is 1.15 bits per heavy atom. The highest BCUT2D eigenvalue weighted by molar-refractivity contribution is 6.00. The van der Waals surface area contributed by atoms with E-state index in [1.54, 1.807) is 12.1 Å². The van der Waals surface area contributed by atoms with Gasteiger partial charge in [-0.3, -0.25) is 33.6 Å². The first kappa shape index (κ1) is 62.9. The third-order valence-electron chi connectivity index (χ3n) is 14.2. The Balaban J connectivity index is 1.19. The summed E-state index contributed by atoms with van der Waals surface area (Å²) in [7, 11) is 1.36. The number of likely N-dealkylation sites (N-methyl/N-ethyl adjacent to an activating group) is 1. The molecule has 15 nitrogen and oxygen atoms in total. The van der Waals surface area contributed by atoms with Crippen LogP contribution in [0.2, 0.25) is 0 Å². The summed E-state index contributed by atoms with van der Waals surface area (Å²) in [6, 6.07) is 39.3. The molecule has 5 aromatic rings. The zero-order valence-electron chi connectivity index (χ0n) is 47.4. The Hall–Kier alpha value is -7.91. The summed E-state index contributed by atoms with van der Waals surface area (Å²) in [6.07, 6.45) is 1.11. The number of carboxylic acid groups (broad SMARTS) is 1. The summed E-state index contributed by atoms with van der Waals surface area (Å²) < 4.78 is 5.96. The van der Waals surface area contributed by atoms with E-state index >= 15 is 0 Å². The molecule has 5 aromatic carbocycles. The van der Waals surface area contributed by atoms with E-state index in [0.29, 0.717) is 22.3 Å². The van der Waals surface area contributed by atoms with E-state index in [2.05, 4.69) is 47.1 Å². The van der Waals surface area contributed by atoms with Crippen molar-refractivity contribution in [3.05, 3.63) is 167 Å². The predicted molar refractivity (Wildman–Crippen MR) is 307 cm³/mol. The van der Waals surface area contributed by atoms with Crippen LogP contribution in [0.4, 0.5) is 0 Å². The Morgan fingerprint density at radius 3 is 1.64 bits per heavy atom. The number of amides is 4. The molecule has 424 valence electrons. The Kier molecular flexibility index (Phi) is 23.5.